The van der Waals surface area contributed by atoms with Crippen LogP contribution in [0.2, 0.25) is 0 Å². The first-order valence-corrected chi connectivity index (χ1v) is 34.4. The summed E-state index contributed by atoms with van der Waals surface area (Å²) in [6, 6.07) is 111. The van der Waals surface area contributed by atoms with E-state index >= 15 is 0 Å². The number of hydrogen-bond donors (Lipinski definition) is 0. The number of hydrogen-bond acceptors (Lipinski definition) is 8. The van der Waals surface area contributed by atoms with Crippen molar-refractivity contribution in [3.8, 4) is 0 Å². The molecule has 0 atom stereocenters. The molecule has 0 aliphatic carbocycles. The Balaban J connectivity index is 0.863. The number of rotatable bonds is 4. The minimum atomic E-state index is -0.132. The van der Waals surface area contributed by atoms with Crippen molar-refractivity contribution in [2.75, 3.05) is 29.4 Å². The van der Waals surface area contributed by atoms with Crippen LogP contribution >= 0.6 is 22.7 Å². The van der Waals surface area contributed by atoms with E-state index in [1.807, 2.05) is 22.7 Å². The van der Waals surface area contributed by atoms with Crippen LogP contribution in [-0.4, -0.2) is 26.9 Å². The fourth-order valence-corrected chi connectivity index (χ4v) is 20.9. The number of para-hydroxylation sites is 8. The van der Waals surface area contributed by atoms with Crippen LogP contribution in [0.1, 0.15) is 0 Å². The van der Waals surface area contributed by atoms with Gasteiger partial charge in [-0.3, -0.25) is 0 Å². The molecule has 0 amide bonds. The number of nitrogens with zero attached hydrogens (tertiary/aromatic N) is 6. The van der Waals surface area contributed by atoms with Crippen LogP contribution in [0.3, 0.4) is 0 Å². The number of benzene rings is 13. The van der Waals surface area contributed by atoms with E-state index in [0.717, 1.165) is 22.7 Å². The smallest absolute Gasteiger partial charge is 0.254 e. The monoisotopic (exact) mass is 1220 g/mol. The molecule has 8 aliphatic rings. The second-order valence-electron chi connectivity index (χ2n) is 26.1. The average Bonchev–Trinajstić information content (AvgIpc) is 0.866. The molecule has 0 spiro atoms. The van der Waals surface area contributed by atoms with E-state index in [0.29, 0.717) is 0 Å². The van der Waals surface area contributed by atoms with Gasteiger partial charge in [0.05, 0.1) is 10.0 Å². The van der Waals surface area contributed by atoms with Crippen LogP contribution in [0.25, 0.3) is 20.2 Å². The summed E-state index contributed by atoms with van der Waals surface area (Å²) >= 11 is 3.89. The standard InChI is InChI=1S/C82H48B4N6S2/c1-5-25-49(26-6-1)87-61-39-19-17-37-57(61)85-73-53-33-13-23-43-71(53)93-81(73)91-63-41-21-15-35-55(63)83-59-45-60-66(46-65(59)89(51-29-9-3-10-30-51)67-47-69(87)77(85)79(91)75(67)83)90(52-31-11-4-12-32-52)68-48-70-78-80-76(68)84(60)56-36-16-22-42-64(56)92(80)82-74(54-34-14-24-44-72(54)94-82)86(78)58-38-18-20-40-62(58)88(70)50-27-7-2-8-28-50/h1-48H. The quantitative estimate of drug-likeness (QED) is 0.162. The largest absolute Gasteiger partial charge is 0.311 e. The number of thiophene rings is 2. The van der Waals surface area contributed by atoms with E-state index < -0.39 is 0 Å². The van der Waals surface area contributed by atoms with Crippen molar-refractivity contribution in [1.29, 1.82) is 0 Å². The lowest BCUT2D eigenvalue weighted by Gasteiger charge is -2.52. The topological polar surface area (TPSA) is 19.4 Å². The maximum atomic E-state index is 2.71. The van der Waals surface area contributed by atoms with Crippen molar-refractivity contribution in [3.05, 3.63) is 291 Å². The molecule has 12 heteroatoms. The first-order valence-electron chi connectivity index (χ1n) is 32.7. The highest BCUT2D eigenvalue weighted by Gasteiger charge is 2.56. The fourth-order valence-electron chi connectivity index (χ4n) is 18.4. The molecule has 23 rings (SSSR count). The van der Waals surface area contributed by atoms with Crippen molar-refractivity contribution in [3.63, 3.8) is 0 Å². The van der Waals surface area contributed by atoms with Crippen molar-refractivity contribution in [2.45, 2.75) is 0 Å². The molecular weight excluding hydrogens is 1180 g/mol. The van der Waals surface area contributed by atoms with Crippen LogP contribution in [0, 0.1) is 0 Å². The Morgan fingerprint density at radius 2 is 0.479 bits per heavy atom. The van der Waals surface area contributed by atoms with Gasteiger partial charge in [-0.05, 0) is 179 Å². The van der Waals surface area contributed by atoms with Gasteiger partial charge in [-0.15, -0.1) is 22.7 Å². The van der Waals surface area contributed by atoms with Gasteiger partial charge in [0.1, 0.15) is 0 Å². The molecule has 6 nitrogen and oxygen atoms in total. The van der Waals surface area contributed by atoms with E-state index in [1.54, 1.807) is 0 Å². The summed E-state index contributed by atoms with van der Waals surface area (Å²) in [6.07, 6.45) is 0. The average molecular weight is 1220 g/mol. The van der Waals surface area contributed by atoms with Crippen LogP contribution in [-0.2, 0) is 0 Å². The molecule has 0 saturated carbocycles. The summed E-state index contributed by atoms with van der Waals surface area (Å²) < 4.78 is 2.62. The van der Waals surface area contributed by atoms with Crippen LogP contribution in [0.5, 0.6) is 0 Å². The van der Waals surface area contributed by atoms with Gasteiger partial charge in [-0.25, -0.2) is 0 Å². The summed E-state index contributed by atoms with van der Waals surface area (Å²) in [6.45, 7) is -0.310. The fraction of sp³-hybridized carbons (Fsp3) is 0. The summed E-state index contributed by atoms with van der Waals surface area (Å²) in [4.78, 5) is 15.9. The highest BCUT2D eigenvalue weighted by Crippen LogP contribution is 2.56. The zero-order valence-electron chi connectivity index (χ0n) is 50.5. The third-order valence-corrected chi connectivity index (χ3v) is 24.1. The Bertz CT molecular complexity index is 5510. The van der Waals surface area contributed by atoms with Gasteiger partial charge in [0.25, 0.3) is 26.9 Å². The maximum Gasteiger partial charge on any atom is 0.254 e. The molecule has 0 fully saturated rings. The third kappa shape index (κ3) is 6.26. The van der Waals surface area contributed by atoms with E-state index in [2.05, 4.69) is 321 Å². The van der Waals surface area contributed by atoms with Crippen LogP contribution < -0.4 is 95.0 Å². The number of anilines is 18. The zero-order valence-corrected chi connectivity index (χ0v) is 52.2. The predicted molar refractivity (Wildman–Crippen MR) is 404 cm³/mol. The Morgan fingerprint density at radius 3 is 0.851 bits per heavy atom. The highest BCUT2D eigenvalue weighted by molar-refractivity contribution is 7.28. The minimum Gasteiger partial charge on any atom is -0.311 e. The van der Waals surface area contributed by atoms with Crippen molar-refractivity contribution in [1.82, 2.24) is 0 Å². The SMILES string of the molecule is c1ccc(N2c3cc4c(cc3B3c5ccccc5N5c6sc7ccccc7c6B6c7ccccc7N(c7ccccc7)c7cc2c3c5c76)B2c3ccccc3N3c5sc6ccccc6c5B5c6ccccc6N(c6ccccc6)c6cc(c2c3c65)N4c2ccccc2)cc1. The lowest BCUT2D eigenvalue weighted by Crippen LogP contribution is -2.70. The molecule has 0 radical (unpaired) electrons. The molecule has 2 aromatic heterocycles. The first-order chi connectivity index (χ1) is 46.7. The van der Waals surface area contributed by atoms with Crippen molar-refractivity contribution < 1.29 is 0 Å². The normalized spacial score (nSPS) is 14.6. The summed E-state index contributed by atoms with van der Waals surface area (Å²) in [5, 5.41) is 5.26. The van der Waals surface area contributed by atoms with Gasteiger partial charge in [-0.2, -0.15) is 0 Å². The molecule has 94 heavy (non-hydrogen) atoms. The van der Waals surface area contributed by atoms with Gasteiger partial charge in [0.2, 0.25) is 0 Å². The molecule has 430 valence electrons. The number of fused-ring (bicyclic) bond motifs is 24. The van der Waals surface area contributed by atoms with Gasteiger partial charge < -0.3 is 29.4 Å². The Labute approximate surface area is 553 Å². The molecule has 8 aliphatic heterocycles. The molecule has 0 saturated heterocycles. The van der Waals surface area contributed by atoms with Crippen LogP contribution in [0.15, 0.2) is 291 Å². The zero-order chi connectivity index (χ0) is 60.8. The van der Waals surface area contributed by atoms with Crippen molar-refractivity contribution in [2.24, 2.45) is 0 Å². The molecule has 0 unspecified atom stereocenters. The molecule has 13 aromatic carbocycles. The molecule has 10 heterocycles. The lowest BCUT2D eigenvalue weighted by molar-refractivity contribution is 1.22. The minimum absolute atomic E-state index is 0.0227. The molecular formula is C82H48B4N6S2. The second-order valence-corrected chi connectivity index (χ2v) is 28.2. The molecule has 15 aromatic rings. The van der Waals surface area contributed by atoms with E-state index in [1.165, 1.54) is 164 Å². The van der Waals surface area contributed by atoms with E-state index in [4.69, 9.17) is 0 Å². The van der Waals surface area contributed by atoms with E-state index in [-0.39, 0.29) is 26.9 Å². The van der Waals surface area contributed by atoms with Gasteiger partial charge in [-0.1, -0.05) is 188 Å². The lowest BCUT2D eigenvalue weighted by atomic mass is 9.27. The van der Waals surface area contributed by atoms with Gasteiger partial charge >= 0.3 is 0 Å². The van der Waals surface area contributed by atoms with Gasteiger partial charge in [0.15, 0.2) is 0 Å². The van der Waals surface area contributed by atoms with Gasteiger partial charge in [0, 0.05) is 100 Å². The molecule has 0 N–H and O–H groups in total. The Kier molecular flexibility index (Phi) is 9.84. The second kappa shape index (κ2) is 18.3. The Morgan fingerprint density at radius 1 is 0.202 bits per heavy atom. The summed E-state index contributed by atoms with van der Waals surface area (Å²) in [7, 11) is 0. The summed E-state index contributed by atoms with van der Waals surface area (Å²) in [5.41, 5.74) is 35.4. The van der Waals surface area contributed by atoms with Crippen LogP contribution in [0.4, 0.5) is 101 Å². The van der Waals surface area contributed by atoms with E-state index in [9.17, 15) is 0 Å². The third-order valence-electron chi connectivity index (χ3n) is 21.7. The molecule has 0 bridgehead atoms. The first kappa shape index (κ1) is 50.5. The van der Waals surface area contributed by atoms with Crippen molar-refractivity contribution >= 4 is 236 Å². The predicted octanol–water partition coefficient (Wildman–Crippen LogP) is 13.5. The Hall–Kier alpha value is -11.2. The highest BCUT2D eigenvalue weighted by atomic mass is 32.1. The summed E-state index contributed by atoms with van der Waals surface area (Å²) in [5.74, 6) is 0. The maximum absolute atomic E-state index is 2.71.